The van der Waals surface area contributed by atoms with E-state index in [0.717, 1.165) is 36.9 Å². The molecule has 5 aliphatic rings. The number of rotatable bonds is 2. The molecule has 2 saturated heterocycles. The van der Waals surface area contributed by atoms with Crippen LogP contribution < -0.4 is 5.32 Å². The summed E-state index contributed by atoms with van der Waals surface area (Å²) in [7, 11) is 2.06. The van der Waals surface area contributed by atoms with Crippen LogP contribution in [0.5, 0.6) is 5.75 Å². The molecule has 30 heavy (non-hydrogen) atoms. The summed E-state index contributed by atoms with van der Waals surface area (Å²) in [6.45, 7) is 1.43. The Morgan fingerprint density at radius 3 is 2.77 bits per heavy atom. The smallest absolute Gasteiger partial charge is 0.325 e. The molecule has 3 aliphatic carbocycles. The summed E-state index contributed by atoms with van der Waals surface area (Å²) in [5, 5.41) is 25.1. The molecule has 1 aromatic carbocycles. The van der Waals surface area contributed by atoms with E-state index in [1.165, 1.54) is 0 Å². The zero-order valence-electron chi connectivity index (χ0n) is 17.4. The van der Waals surface area contributed by atoms with Gasteiger partial charge in [0.15, 0.2) is 0 Å². The summed E-state index contributed by atoms with van der Waals surface area (Å²) in [6.07, 6.45) is 5.01. The van der Waals surface area contributed by atoms with Crippen molar-refractivity contribution >= 4 is 11.9 Å². The number of benzene rings is 1. The summed E-state index contributed by atoms with van der Waals surface area (Å²) >= 11 is 0. The quantitative estimate of drug-likeness (QED) is 0.642. The van der Waals surface area contributed by atoms with Crippen molar-refractivity contribution in [2.24, 2.45) is 5.92 Å². The molecule has 2 heterocycles. The maximum Gasteiger partial charge on any atom is 0.325 e. The molecule has 1 spiro atoms. The Kier molecular flexibility index (Phi) is 3.58. The number of urea groups is 1. The minimum atomic E-state index is -0.983. The molecule has 3 N–H and O–H groups in total. The fourth-order valence-corrected chi connectivity index (χ4v) is 7.08. The Hall–Kier alpha value is -2.12. The van der Waals surface area contributed by atoms with Gasteiger partial charge in [0.2, 0.25) is 0 Å². The zero-order valence-corrected chi connectivity index (χ0v) is 17.4. The average molecular weight is 412 g/mol. The Morgan fingerprint density at radius 2 is 2.00 bits per heavy atom. The number of phenols is 1. The van der Waals surface area contributed by atoms with E-state index in [2.05, 4.69) is 17.3 Å². The van der Waals surface area contributed by atoms with Crippen molar-refractivity contribution in [3.8, 4) is 5.75 Å². The highest BCUT2D eigenvalue weighted by Crippen LogP contribution is 2.61. The molecule has 1 aromatic rings. The fourth-order valence-electron chi connectivity index (χ4n) is 7.08. The van der Waals surface area contributed by atoms with Crippen LogP contribution in [0.15, 0.2) is 18.2 Å². The number of carbonyl (C=O) groups is 2. The molecular weight excluding hydrogens is 382 g/mol. The van der Waals surface area contributed by atoms with Crippen LogP contribution in [0.25, 0.3) is 0 Å². The number of nitrogens with one attached hydrogen (secondary N) is 1. The second-order valence-corrected chi connectivity index (χ2v) is 10.3. The lowest BCUT2D eigenvalue weighted by atomic mass is 9.46. The van der Waals surface area contributed by atoms with E-state index in [0.29, 0.717) is 38.1 Å². The van der Waals surface area contributed by atoms with Gasteiger partial charge in [0.05, 0.1) is 5.60 Å². The molecule has 3 amide bonds. The van der Waals surface area contributed by atoms with Crippen molar-refractivity contribution in [2.45, 2.75) is 67.5 Å². The predicted octanol–water partition coefficient (Wildman–Crippen LogP) is 1.51. The highest BCUT2D eigenvalue weighted by molar-refractivity contribution is 6.07. The fraction of sp³-hybridized carbons (Fsp3) is 0.652. The molecule has 4 unspecified atom stereocenters. The molecule has 4 fully saturated rings. The largest absolute Gasteiger partial charge is 0.508 e. The number of fused-ring (bicyclic) bond motifs is 1. The standard InChI is InChI=1S/C23H29N3O4/c1-25-9-8-21-13-22(19(28)24-20(29)26(22)12-14-2-3-14)6-7-23(21,30)18(25)10-15-4-5-16(27)11-17(15)21/h4-5,11,14,18,27,30H,2-3,6-10,12-13H2,1H3,(H,24,28,29). The van der Waals surface area contributed by atoms with Crippen LogP contribution in [0.3, 0.4) is 0 Å². The lowest BCUT2D eigenvalue weighted by Crippen LogP contribution is -2.76. The molecule has 4 atom stereocenters. The number of likely N-dealkylation sites (N-methyl/N-ethyl adjacent to an activating group) is 1. The van der Waals surface area contributed by atoms with Gasteiger partial charge in [0.25, 0.3) is 5.91 Å². The van der Waals surface area contributed by atoms with Gasteiger partial charge < -0.3 is 20.0 Å². The van der Waals surface area contributed by atoms with Crippen LogP contribution in [0.4, 0.5) is 4.79 Å². The second-order valence-electron chi connectivity index (χ2n) is 10.3. The van der Waals surface area contributed by atoms with E-state index >= 15 is 0 Å². The number of aromatic hydroxyl groups is 1. The molecule has 6 rings (SSSR count). The lowest BCUT2D eigenvalue weighted by Gasteiger charge is -2.66. The summed E-state index contributed by atoms with van der Waals surface area (Å²) < 4.78 is 0. The first-order valence-corrected chi connectivity index (χ1v) is 11.2. The third-order valence-corrected chi connectivity index (χ3v) is 8.88. The van der Waals surface area contributed by atoms with Gasteiger partial charge in [-0.2, -0.15) is 0 Å². The monoisotopic (exact) mass is 411 g/mol. The van der Waals surface area contributed by atoms with E-state index < -0.39 is 16.6 Å². The molecule has 0 radical (unpaired) electrons. The van der Waals surface area contributed by atoms with Crippen LogP contribution in [-0.4, -0.2) is 69.3 Å². The van der Waals surface area contributed by atoms with Crippen molar-refractivity contribution in [1.82, 2.24) is 15.1 Å². The van der Waals surface area contributed by atoms with Crippen molar-refractivity contribution in [3.05, 3.63) is 29.3 Å². The first-order chi connectivity index (χ1) is 14.3. The van der Waals surface area contributed by atoms with Gasteiger partial charge in [-0.15, -0.1) is 0 Å². The SMILES string of the molecule is CN1CCC23CC4(CCC2(O)C1Cc1ccc(O)cc13)C(=O)NC(=O)N4CC1CC1. The summed E-state index contributed by atoms with van der Waals surface area (Å²) in [5.41, 5.74) is -0.453. The number of nitrogens with zero attached hydrogens (tertiary/aromatic N) is 2. The van der Waals surface area contributed by atoms with Gasteiger partial charge in [-0.05, 0) is 87.7 Å². The number of hydrogen-bond donors (Lipinski definition) is 3. The minimum Gasteiger partial charge on any atom is -0.508 e. The van der Waals surface area contributed by atoms with Crippen LogP contribution in [0.2, 0.25) is 0 Å². The number of hydrogen-bond acceptors (Lipinski definition) is 5. The van der Waals surface area contributed by atoms with Crippen LogP contribution >= 0.6 is 0 Å². The normalized spacial score (nSPS) is 40.3. The highest BCUT2D eigenvalue weighted by Gasteiger charge is 2.70. The zero-order chi connectivity index (χ0) is 20.9. The van der Waals surface area contributed by atoms with Crippen LogP contribution in [-0.2, 0) is 16.6 Å². The molecule has 7 nitrogen and oxygen atoms in total. The Balaban J connectivity index is 1.52. The van der Waals surface area contributed by atoms with Gasteiger partial charge in [-0.3, -0.25) is 10.1 Å². The van der Waals surface area contributed by atoms with Crippen molar-refractivity contribution < 1.29 is 19.8 Å². The summed E-state index contributed by atoms with van der Waals surface area (Å²) in [6, 6.07) is 5.14. The van der Waals surface area contributed by atoms with Gasteiger partial charge in [-0.25, -0.2) is 4.79 Å². The first kappa shape index (κ1) is 18.6. The van der Waals surface area contributed by atoms with E-state index in [-0.39, 0.29) is 23.7 Å². The summed E-state index contributed by atoms with van der Waals surface area (Å²) in [4.78, 5) is 30.0. The van der Waals surface area contributed by atoms with Crippen molar-refractivity contribution in [1.29, 1.82) is 0 Å². The maximum absolute atomic E-state index is 13.2. The number of likely N-dealkylation sites (tertiary alicyclic amines) is 1. The minimum absolute atomic E-state index is 0.0299. The third-order valence-electron chi connectivity index (χ3n) is 8.88. The van der Waals surface area contributed by atoms with Crippen molar-refractivity contribution in [3.63, 3.8) is 0 Å². The highest BCUT2D eigenvalue weighted by atomic mass is 16.3. The van der Waals surface area contributed by atoms with E-state index in [1.54, 1.807) is 17.0 Å². The van der Waals surface area contributed by atoms with E-state index in [9.17, 15) is 19.8 Å². The number of carbonyl (C=O) groups excluding carboxylic acids is 2. The second kappa shape index (κ2) is 5.77. The molecule has 2 bridgehead atoms. The topological polar surface area (TPSA) is 93.1 Å². The first-order valence-electron chi connectivity index (χ1n) is 11.2. The molecule has 2 aliphatic heterocycles. The van der Waals surface area contributed by atoms with Crippen LogP contribution in [0.1, 0.15) is 49.7 Å². The molecule has 0 aromatic heterocycles. The lowest BCUT2D eigenvalue weighted by molar-refractivity contribution is -0.183. The molecule has 160 valence electrons. The molecular formula is C23H29N3O4. The number of aliphatic hydroxyl groups is 1. The van der Waals surface area contributed by atoms with Gasteiger partial charge in [-0.1, -0.05) is 6.07 Å². The Morgan fingerprint density at radius 1 is 1.20 bits per heavy atom. The number of amides is 3. The van der Waals surface area contributed by atoms with E-state index in [4.69, 9.17) is 0 Å². The number of piperidine rings is 1. The maximum atomic E-state index is 13.2. The van der Waals surface area contributed by atoms with Gasteiger partial charge in [0.1, 0.15) is 11.3 Å². The predicted molar refractivity (Wildman–Crippen MR) is 109 cm³/mol. The Labute approximate surface area is 176 Å². The van der Waals surface area contributed by atoms with Gasteiger partial charge >= 0.3 is 6.03 Å². The van der Waals surface area contributed by atoms with Crippen LogP contribution in [0, 0.1) is 5.92 Å². The molecule has 2 saturated carbocycles. The molecule has 7 heteroatoms. The third kappa shape index (κ3) is 2.17. The van der Waals surface area contributed by atoms with Crippen molar-refractivity contribution in [2.75, 3.05) is 20.1 Å². The number of phenolic OH excluding ortho intramolecular Hbond substituents is 1. The van der Waals surface area contributed by atoms with Gasteiger partial charge in [0, 0.05) is 18.0 Å². The average Bonchev–Trinajstić information content (AvgIpc) is 3.50. The number of imide groups is 1. The summed E-state index contributed by atoms with van der Waals surface area (Å²) in [5.74, 6) is 0.446. The Bertz CT molecular complexity index is 962. The van der Waals surface area contributed by atoms with E-state index in [1.807, 2.05) is 6.07 Å².